The zero-order valence-corrected chi connectivity index (χ0v) is 14.2. The average Bonchev–Trinajstić information content (AvgIpc) is 2.58. The van der Waals surface area contributed by atoms with Gasteiger partial charge in [-0.2, -0.15) is 0 Å². The molecular weight excluding hydrogens is 306 g/mol. The van der Waals surface area contributed by atoms with Crippen molar-refractivity contribution in [3.05, 3.63) is 47.6 Å². The molecule has 0 aliphatic heterocycles. The van der Waals surface area contributed by atoms with Crippen LogP contribution in [0.3, 0.4) is 0 Å². The Labute approximate surface area is 141 Å². The molecule has 2 unspecified atom stereocenters. The highest BCUT2D eigenvalue weighted by Crippen LogP contribution is 2.33. The van der Waals surface area contributed by atoms with Crippen LogP contribution in [0.5, 0.6) is 0 Å². The first-order chi connectivity index (χ1) is 11.2. The van der Waals surface area contributed by atoms with Crippen LogP contribution in [0, 0.1) is 5.41 Å². The van der Waals surface area contributed by atoms with E-state index in [1.165, 1.54) is 12.2 Å². The Morgan fingerprint density at radius 2 is 1.96 bits per heavy atom. The maximum Gasteiger partial charge on any atom is 0.331 e. The molecule has 24 heavy (non-hydrogen) atoms. The van der Waals surface area contributed by atoms with Crippen LogP contribution in [0.25, 0.3) is 6.08 Å². The standard InChI is InChI=1S/C19H23NO4/c1-12-10-16(18(23)19(2,3)11-15(12)21)24-17(22)9-6-13-4-7-14(20)8-5-13/h4-10,16,18,23H,11,20H2,1-3H3. The third kappa shape index (κ3) is 4.32. The van der Waals surface area contributed by atoms with Gasteiger partial charge in [-0.05, 0) is 42.3 Å². The molecule has 0 radical (unpaired) electrons. The van der Waals surface area contributed by atoms with Crippen molar-refractivity contribution < 1.29 is 19.4 Å². The normalized spacial score (nSPS) is 23.7. The summed E-state index contributed by atoms with van der Waals surface area (Å²) in [5, 5.41) is 10.5. The number of carbonyl (C=O) groups is 2. The number of anilines is 1. The summed E-state index contributed by atoms with van der Waals surface area (Å²) in [6.07, 6.45) is 2.84. The number of Topliss-reactive ketones (excluding diaryl/α,β-unsaturated/α-hetero) is 1. The predicted molar refractivity (Wildman–Crippen MR) is 92.9 cm³/mol. The average molecular weight is 329 g/mol. The van der Waals surface area contributed by atoms with Gasteiger partial charge in [0, 0.05) is 23.6 Å². The second kappa shape index (κ2) is 7.01. The van der Waals surface area contributed by atoms with Gasteiger partial charge < -0.3 is 15.6 Å². The second-order valence-corrected chi connectivity index (χ2v) is 6.78. The summed E-state index contributed by atoms with van der Waals surface area (Å²) in [6.45, 7) is 5.24. The van der Waals surface area contributed by atoms with Gasteiger partial charge in [-0.3, -0.25) is 4.79 Å². The Balaban J connectivity index is 2.11. The van der Waals surface area contributed by atoms with Gasteiger partial charge in [0.15, 0.2) is 5.78 Å². The zero-order chi connectivity index (χ0) is 17.9. The number of aliphatic hydroxyl groups is 1. The third-order valence-electron chi connectivity index (χ3n) is 4.18. The highest BCUT2D eigenvalue weighted by atomic mass is 16.6. The predicted octanol–water partition coefficient (Wildman–Crippen LogP) is 2.50. The molecule has 5 heteroatoms. The molecule has 5 nitrogen and oxygen atoms in total. The molecule has 0 heterocycles. The fourth-order valence-corrected chi connectivity index (χ4v) is 2.58. The number of nitrogens with two attached hydrogens (primary N) is 1. The summed E-state index contributed by atoms with van der Waals surface area (Å²) < 4.78 is 5.35. The molecule has 0 amide bonds. The van der Waals surface area contributed by atoms with Gasteiger partial charge in [0.25, 0.3) is 0 Å². The first-order valence-electron chi connectivity index (χ1n) is 7.83. The maximum absolute atomic E-state index is 12.0. The lowest BCUT2D eigenvalue weighted by molar-refractivity contribution is -0.149. The van der Waals surface area contributed by atoms with Gasteiger partial charge in [0.05, 0.1) is 0 Å². The van der Waals surface area contributed by atoms with E-state index in [-0.39, 0.29) is 12.2 Å². The lowest BCUT2D eigenvalue weighted by atomic mass is 9.80. The van der Waals surface area contributed by atoms with Crippen molar-refractivity contribution in [2.24, 2.45) is 5.41 Å². The van der Waals surface area contributed by atoms with E-state index in [9.17, 15) is 14.7 Å². The number of hydrogen-bond acceptors (Lipinski definition) is 5. The lowest BCUT2D eigenvalue weighted by Gasteiger charge is -2.31. The van der Waals surface area contributed by atoms with E-state index >= 15 is 0 Å². The monoisotopic (exact) mass is 329 g/mol. The van der Waals surface area contributed by atoms with E-state index in [0.717, 1.165) is 5.56 Å². The fourth-order valence-electron chi connectivity index (χ4n) is 2.58. The molecule has 3 N–H and O–H groups in total. The molecule has 2 rings (SSSR count). The SMILES string of the molecule is CC1=CC(OC(=O)C=Cc2ccc(N)cc2)C(O)C(C)(C)CC1=O. The fraction of sp³-hybridized carbons (Fsp3) is 0.368. The Kier molecular flexibility index (Phi) is 5.24. The van der Waals surface area contributed by atoms with Crippen molar-refractivity contribution in [3.8, 4) is 0 Å². The topological polar surface area (TPSA) is 89.6 Å². The Morgan fingerprint density at radius 3 is 2.58 bits per heavy atom. The van der Waals surface area contributed by atoms with Crippen molar-refractivity contribution in [3.63, 3.8) is 0 Å². The number of benzene rings is 1. The summed E-state index contributed by atoms with van der Waals surface area (Å²) in [5.41, 5.74) is 6.89. The summed E-state index contributed by atoms with van der Waals surface area (Å²) in [5.74, 6) is -0.625. The molecule has 0 bridgehead atoms. The highest BCUT2D eigenvalue weighted by molar-refractivity contribution is 5.96. The summed E-state index contributed by atoms with van der Waals surface area (Å²) in [6, 6.07) is 7.04. The van der Waals surface area contributed by atoms with Crippen LogP contribution in [0.2, 0.25) is 0 Å². The van der Waals surface area contributed by atoms with Crippen molar-refractivity contribution in [1.29, 1.82) is 0 Å². The second-order valence-electron chi connectivity index (χ2n) is 6.78. The number of esters is 1. The Morgan fingerprint density at radius 1 is 1.33 bits per heavy atom. The van der Waals surface area contributed by atoms with Gasteiger partial charge in [0.1, 0.15) is 12.2 Å². The number of hydrogen-bond donors (Lipinski definition) is 2. The Hall–Kier alpha value is -2.40. The molecule has 128 valence electrons. The van der Waals surface area contributed by atoms with Crippen molar-refractivity contribution in [2.75, 3.05) is 5.73 Å². The van der Waals surface area contributed by atoms with E-state index in [1.54, 1.807) is 51.1 Å². The van der Waals surface area contributed by atoms with E-state index < -0.39 is 23.6 Å². The van der Waals surface area contributed by atoms with Crippen molar-refractivity contribution in [1.82, 2.24) is 0 Å². The molecule has 0 spiro atoms. The van der Waals surface area contributed by atoms with Gasteiger partial charge in [-0.1, -0.05) is 26.0 Å². The van der Waals surface area contributed by atoms with Crippen LogP contribution in [0.15, 0.2) is 42.0 Å². The zero-order valence-electron chi connectivity index (χ0n) is 14.2. The number of aliphatic hydroxyl groups excluding tert-OH is 1. The smallest absolute Gasteiger partial charge is 0.331 e. The minimum Gasteiger partial charge on any atom is -0.452 e. The quantitative estimate of drug-likeness (QED) is 0.505. The van der Waals surface area contributed by atoms with E-state index in [2.05, 4.69) is 0 Å². The largest absolute Gasteiger partial charge is 0.452 e. The minimum absolute atomic E-state index is 0.0463. The molecule has 1 aromatic rings. The van der Waals surface area contributed by atoms with E-state index in [0.29, 0.717) is 11.3 Å². The van der Waals surface area contributed by atoms with Crippen LogP contribution in [-0.4, -0.2) is 29.1 Å². The van der Waals surface area contributed by atoms with Crippen LogP contribution < -0.4 is 5.73 Å². The van der Waals surface area contributed by atoms with Gasteiger partial charge >= 0.3 is 5.97 Å². The van der Waals surface area contributed by atoms with Crippen LogP contribution >= 0.6 is 0 Å². The molecule has 2 atom stereocenters. The number of nitrogen functional groups attached to an aromatic ring is 1. The highest BCUT2D eigenvalue weighted by Gasteiger charge is 2.39. The van der Waals surface area contributed by atoms with Crippen LogP contribution in [-0.2, 0) is 14.3 Å². The first-order valence-corrected chi connectivity index (χ1v) is 7.83. The maximum atomic E-state index is 12.0. The molecule has 1 aliphatic rings. The van der Waals surface area contributed by atoms with Crippen molar-refractivity contribution in [2.45, 2.75) is 39.4 Å². The number of ether oxygens (including phenoxy) is 1. The summed E-state index contributed by atoms with van der Waals surface area (Å²) in [7, 11) is 0. The van der Waals surface area contributed by atoms with Crippen LogP contribution in [0.1, 0.15) is 32.8 Å². The molecule has 1 aliphatic carbocycles. The van der Waals surface area contributed by atoms with E-state index in [4.69, 9.17) is 10.5 Å². The van der Waals surface area contributed by atoms with Crippen LogP contribution in [0.4, 0.5) is 5.69 Å². The van der Waals surface area contributed by atoms with Gasteiger partial charge in [-0.15, -0.1) is 0 Å². The Bertz CT molecular complexity index is 686. The molecule has 1 aromatic carbocycles. The lowest BCUT2D eigenvalue weighted by Crippen LogP contribution is -2.40. The molecule has 0 saturated heterocycles. The molecule has 0 saturated carbocycles. The number of carbonyl (C=O) groups excluding carboxylic acids is 2. The van der Waals surface area contributed by atoms with Gasteiger partial charge in [0.2, 0.25) is 0 Å². The van der Waals surface area contributed by atoms with Gasteiger partial charge in [-0.25, -0.2) is 4.79 Å². The van der Waals surface area contributed by atoms with Crippen molar-refractivity contribution >= 4 is 23.5 Å². The molecular formula is C19H23NO4. The molecule has 0 fully saturated rings. The van der Waals surface area contributed by atoms with E-state index in [1.807, 2.05) is 0 Å². The molecule has 0 aromatic heterocycles. The number of ketones is 1. The number of rotatable bonds is 3. The summed E-state index contributed by atoms with van der Waals surface area (Å²) in [4.78, 5) is 24.1. The summed E-state index contributed by atoms with van der Waals surface area (Å²) >= 11 is 0. The number of allylic oxidation sites excluding steroid dienone is 1. The third-order valence-corrected chi connectivity index (χ3v) is 4.18. The minimum atomic E-state index is -0.951. The first kappa shape index (κ1) is 17.9.